The fraction of sp³-hybridized carbons (Fsp3) is 0. The summed E-state index contributed by atoms with van der Waals surface area (Å²) in [7, 11) is -2.55. The molecule has 0 fully saturated rings. The minimum absolute atomic E-state index is 1.23. The first-order valence-corrected chi connectivity index (χ1v) is 19.9. The van der Waals surface area contributed by atoms with Crippen molar-refractivity contribution in [1.82, 2.24) is 0 Å². The van der Waals surface area contributed by atoms with Crippen molar-refractivity contribution >= 4 is 50.4 Å². The maximum Gasteiger partial charge on any atom is 0.182 e. The van der Waals surface area contributed by atoms with Crippen molar-refractivity contribution in [3.8, 4) is 55.6 Å². The largest absolute Gasteiger partial charge is 0.182 e. The average molecular weight is 661 g/mol. The Labute approximate surface area is 299 Å². The normalized spacial score (nSPS) is 13.3. The first-order chi connectivity index (χ1) is 25.3. The fourth-order valence-electron chi connectivity index (χ4n) is 9.46. The third kappa shape index (κ3) is 3.90. The van der Waals surface area contributed by atoms with Gasteiger partial charge < -0.3 is 0 Å². The zero-order valence-corrected chi connectivity index (χ0v) is 29.0. The SMILES string of the molecule is c1ccc(-c2ccc(-c3c4ccccc4c(-c4ccc5c(c4)[Si]4(c6ccccc6-c6ccccc64)c4ccccc4-5)c4ccccc34)cc2)cc1. The first-order valence-electron chi connectivity index (χ1n) is 17.9. The number of rotatable bonds is 3. The third-order valence-corrected chi connectivity index (χ3v) is 16.5. The predicted molar refractivity (Wildman–Crippen MR) is 219 cm³/mol. The molecule has 2 heterocycles. The molecule has 1 heteroatoms. The van der Waals surface area contributed by atoms with Crippen molar-refractivity contribution < 1.29 is 0 Å². The lowest BCUT2D eigenvalue weighted by Gasteiger charge is -2.28. The monoisotopic (exact) mass is 660 g/mol. The van der Waals surface area contributed by atoms with Crippen molar-refractivity contribution in [2.24, 2.45) is 0 Å². The Kier molecular flexibility index (Phi) is 6.08. The van der Waals surface area contributed by atoms with Crippen LogP contribution in [0.4, 0.5) is 0 Å². The van der Waals surface area contributed by atoms with Gasteiger partial charge in [0, 0.05) is 0 Å². The Morgan fingerprint density at radius 3 is 1.10 bits per heavy atom. The minimum Gasteiger partial charge on any atom is -0.0623 e. The summed E-state index contributed by atoms with van der Waals surface area (Å²) in [6, 6.07) is 72.9. The summed E-state index contributed by atoms with van der Waals surface area (Å²) in [5, 5.41) is 11.2. The van der Waals surface area contributed by atoms with Gasteiger partial charge in [0.25, 0.3) is 0 Å². The molecule has 0 amide bonds. The second-order valence-corrected chi connectivity index (χ2v) is 17.6. The van der Waals surface area contributed by atoms with Gasteiger partial charge in [0.2, 0.25) is 0 Å². The van der Waals surface area contributed by atoms with E-state index in [1.807, 2.05) is 0 Å². The molecule has 0 saturated carbocycles. The van der Waals surface area contributed by atoms with E-state index in [2.05, 4.69) is 194 Å². The topological polar surface area (TPSA) is 0 Å². The summed E-state index contributed by atoms with van der Waals surface area (Å²) >= 11 is 0. The molecule has 0 atom stereocenters. The molecule has 0 aliphatic carbocycles. The molecule has 0 N–H and O–H groups in total. The summed E-state index contributed by atoms with van der Waals surface area (Å²) in [6.07, 6.45) is 0. The van der Waals surface area contributed by atoms with Crippen LogP contribution >= 0.6 is 0 Å². The van der Waals surface area contributed by atoms with Gasteiger partial charge in [-0.25, -0.2) is 0 Å². The van der Waals surface area contributed by atoms with Crippen molar-refractivity contribution in [2.75, 3.05) is 0 Å². The van der Waals surface area contributed by atoms with E-state index in [4.69, 9.17) is 0 Å². The highest BCUT2D eigenvalue weighted by atomic mass is 28.3. The lowest BCUT2D eigenvalue weighted by Crippen LogP contribution is -2.70. The molecule has 0 unspecified atom stereocenters. The van der Waals surface area contributed by atoms with Crippen molar-refractivity contribution in [1.29, 1.82) is 0 Å². The Balaban J connectivity index is 1.18. The summed E-state index contributed by atoms with van der Waals surface area (Å²) in [5.41, 5.74) is 13.2. The molecule has 0 aromatic heterocycles. The van der Waals surface area contributed by atoms with Crippen LogP contribution in [0.2, 0.25) is 0 Å². The van der Waals surface area contributed by atoms with Crippen LogP contribution in [0, 0.1) is 0 Å². The molecular weight excluding hydrogens is 629 g/mol. The quantitative estimate of drug-likeness (QED) is 0.131. The standard InChI is InChI=1S/C50H32Si/c1-2-14-33(15-3-1)34-26-28-35(29-27-34)49-41-19-4-6-21-43(41)50(44-22-7-5-20-42(44)49)36-30-31-40-39-18-10-13-25-47(39)51(48(40)32-36)45-23-11-8-16-37(45)38-17-9-12-24-46(38)51/h1-32H. The van der Waals surface area contributed by atoms with E-state index in [0.717, 1.165) is 0 Å². The zero-order valence-electron chi connectivity index (χ0n) is 28.0. The van der Waals surface area contributed by atoms with Crippen molar-refractivity contribution in [3.05, 3.63) is 194 Å². The zero-order chi connectivity index (χ0) is 33.5. The minimum atomic E-state index is -2.55. The van der Waals surface area contributed by atoms with Gasteiger partial charge in [0.15, 0.2) is 8.07 Å². The van der Waals surface area contributed by atoms with Crippen LogP contribution in [0.15, 0.2) is 194 Å². The molecule has 0 radical (unpaired) electrons. The summed E-state index contributed by atoms with van der Waals surface area (Å²) in [6.45, 7) is 0. The third-order valence-electron chi connectivity index (χ3n) is 11.5. The molecule has 2 aliphatic heterocycles. The van der Waals surface area contributed by atoms with E-state index >= 15 is 0 Å². The molecular formula is C50H32Si. The number of hydrogen-bond acceptors (Lipinski definition) is 0. The Morgan fingerprint density at radius 1 is 0.235 bits per heavy atom. The lowest BCUT2D eigenvalue weighted by molar-refractivity contribution is 1.61. The fourth-order valence-corrected chi connectivity index (χ4v) is 15.1. The van der Waals surface area contributed by atoms with Crippen LogP contribution in [0.1, 0.15) is 0 Å². The van der Waals surface area contributed by atoms with Gasteiger partial charge in [0.05, 0.1) is 0 Å². The molecule has 0 bridgehead atoms. The molecule has 0 nitrogen and oxygen atoms in total. The Morgan fingerprint density at radius 2 is 0.588 bits per heavy atom. The predicted octanol–water partition coefficient (Wildman–Crippen LogP) is 10.3. The average Bonchev–Trinajstić information content (AvgIpc) is 3.67. The van der Waals surface area contributed by atoms with E-state index in [0.29, 0.717) is 0 Å². The number of benzene rings is 9. The lowest BCUT2D eigenvalue weighted by atomic mass is 9.85. The van der Waals surface area contributed by atoms with E-state index in [1.165, 1.54) is 97.9 Å². The van der Waals surface area contributed by atoms with Gasteiger partial charge in [-0.05, 0) is 97.9 Å². The Hall–Kier alpha value is -6.28. The van der Waals surface area contributed by atoms with Crippen LogP contribution < -0.4 is 20.7 Å². The smallest absolute Gasteiger partial charge is 0.0623 e. The molecule has 51 heavy (non-hydrogen) atoms. The number of fused-ring (bicyclic) bond motifs is 12. The number of hydrogen-bond donors (Lipinski definition) is 0. The van der Waals surface area contributed by atoms with Gasteiger partial charge in [-0.15, -0.1) is 0 Å². The van der Waals surface area contributed by atoms with E-state index in [-0.39, 0.29) is 0 Å². The van der Waals surface area contributed by atoms with E-state index in [9.17, 15) is 0 Å². The van der Waals surface area contributed by atoms with Crippen LogP contribution in [0.5, 0.6) is 0 Å². The van der Waals surface area contributed by atoms with E-state index < -0.39 is 8.07 Å². The van der Waals surface area contributed by atoms with Crippen LogP contribution in [0.25, 0.3) is 77.2 Å². The molecule has 9 aromatic rings. The summed E-state index contributed by atoms with van der Waals surface area (Å²) in [4.78, 5) is 0. The molecule has 1 spiro atoms. The van der Waals surface area contributed by atoms with Crippen LogP contribution in [-0.4, -0.2) is 8.07 Å². The maximum atomic E-state index is 2.59. The summed E-state index contributed by atoms with van der Waals surface area (Å²) in [5.74, 6) is 0. The van der Waals surface area contributed by atoms with Gasteiger partial charge in [0.1, 0.15) is 0 Å². The molecule has 11 rings (SSSR count). The van der Waals surface area contributed by atoms with Gasteiger partial charge in [-0.3, -0.25) is 0 Å². The second-order valence-electron chi connectivity index (χ2n) is 13.9. The molecule has 0 saturated heterocycles. The van der Waals surface area contributed by atoms with Crippen molar-refractivity contribution in [3.63, 3.8) is 0 Å². The van der Waals surface area contributed by atoms with Gasteiger partial charge in [-0.2, -0.15) is 0 Å². The van der Waals surface area contributed by atoms with Crippen LogP contribution in [-0.2, 0) is 0 Å². The van der Waals surface area contributed by atoms with Crippen LogP contribution in [0.3, 0.4) is 0 Å². The second kappa shape index (κ2) is 10.9. The molecule has 2 aliphatic rings. The van der Waals surface area contributed by atoms with Gasteiger partial charge >= 0.3 is 0 Å². The molecule has 9 aromatic carbocycles. The Bertz CT molecular complexity index is 2720. The summed E-state index contributed by atoms with van der Waals surface area (Å²) < 4.78 is 0. The first kappa shape index (κ1) is 28.5. The molecule has 236 valence electrons. The maximum absolute atomic E-state index is 2.59. The van der Waals surface area contributed by atoms with Crippen molar-refractivity contribution in [2.45, 2.75) is 0 Å². The van der Waals surface area contributed by atoms with Gasteiger partial charge in [-0.1, -0.05) is 194 Å². The highest BCUT2D eigenvalue weighted by Crippen LogP contribution is 2.45. The van der Waals surface area contributed by atoms with E-state index in [1.54, 1.807) is 0 Å². The highest BCUT2D eigenvalue weighted by molar-refractivity contribution is 7.24. The highest BCUT2D eigenvalue weighted by Gasteiger charge is 2.53.